The summed E-state index contributed by atoms with van der Waals surface area (Å²) < 4.78 is 51.5. The Morgan fingerprint density at radius 3 is 2.44 bits per heavy atom. The lowest BCUT2D eigenvalue weighted by atomic mass is 9.73. The number of rotatable bonds is 4. The van der Waals surface area contributed by atoms with Crippen molar-refractivity contribution in [3.8, 4) is 22.8 Å². The van der Waals surface area contributed by atoms with Crippen LogP contribution in [-0.4, -0.2) is 33.6 Å². The third-order valence-electron chi connectivity index (χ3n) is 5.80. The maximum absolute atomic E-state index is 13.3. The molecular weight excluding hydrogens is 421 g/mol. The molecule has 0 spiro atoms. The highest BCUT2D eigenvalue weighted by molar-refractivity contribution is 5.64. The van der Waals surface area contributed by atoms with E-state index in [0.717, 1.165) is 17.3 Å². The van der Waals surface area contributed by atoms with Crippen molar-refractivity contribution < 1.29 is 22.3 Å². The molecule has 164 valence electrons. The zero-order chi connectivity index (χ0) is 22.2. The van der Waals surface area contributed by atoms with Gasteiger partial charge in [0.15, 0.2) is 0 Å². The number of nitrogens with one attached hydrogen (secondary N) is 1. The summed E-state index contributed by atoms with van der Waals surface area (Å²) in [4.78, 5) is 0. The van der Waals surface area contributed by atoms with Crippen LogP contribution in [0.3, 0.4) is 0 Å². The molecule has 1 N–H and O–H groups in total. The van der Waals surface area contributed by atoms with Crippen molar-refractivity contribution >= 4 is 0 Å². The Morgan fingerprint density at radius 1 is 0.906 bits per heavy atom. The summed E-state index contributed by atoms with van der Waals surface area (Å²) in [7, 11) is 0. The van der Waals surface area contributed by atoms with Gasteiger partial charge < -0.3 is 9.15 Å². The second-order valence-corrected chi connectivity index (χ2v) is 7.72. The van der Waals surface area contributed by atoms with Crippen molar-refractivity contribution in [3.63, 3.8) is 0 Å². The van der Waals surface area contributed by atoms with E-state index in [0.29, 0.717) is 37.3 Å². The predicted octanol–water partition coefficient (Wildman–Crippen LogP) is 5.24. The second kappa shape index (κ2) is 7.90. The Hall–Kier alpha value is -3.46. The number of alkyl halides is 3. The number of H-pyrrole nitrogens is 1. The lowest BCUT2D eigenvalue weighted by Crippen LogP contribution is -2.35. The molecule has 2 aromatic heterocycles. The fourth-order valence-electron chi connectivity index (χ4n) is 4.05. The van der Waals surface area contributed by atoms with Gasteiger partial charge in [-0.25, -0.2) is 0 Å². The smallest absolute Gasteiger partial charge is 0.416 e. The minimum Gasteiger partial charge on any atom is -0.418 e. The number of hydrogen-bond acceptors (Lipinski definition) is 5. The lowest BCUT2D eigenvalue weighted by molar-refractivity contribution is -0.137. The average molecular weight is 440 g/mol. The standard InChI is InChI=1S/C23H19F3N4O2/c24-23(25,26)17-8-4-7-16(13-17)22(9-11-31-12-10-22)21-30-29-20(32-21)19-14-18(27-28-19)15-5-2-1-3-6-15/h1-8,13-14H,9-12H2,(H,27,28). The van der Waals surface area contributed by atoms with Crippen molar-refractivity contribution in [2.45, 2.75) is 24.4 Å². The van der Waals surface area contributed by atoms with Gasteiger partial charge in [-0.1, -0.05) is 48.5 Å². The molecule has 1 saturated heterocycles. The largest absolute Gasteiger partial charge is 0.418 e. The molecular formula is C23H19F3N4O2. The predicted molar refractivity (Wildman–Crippen MR) is 110 cm³/mol. The van der Waals surface area contributed by atoms with Crippen molar-refractivity contribution in [3.05, 3.63) is 77.7 Å². The molecule has 3 heterocycles. The average Bonchev–Trinajstić information content (AvgIpc) is 3.50. The zero-order valence-corrected chi connectivity index (χ0v) is 16.9. The number of halogens is 3. The first kappa shape index (κ1) is 20.4. The zero-order valence-electron chi connectivity index (χ0n) is 16.9. The van der Waals surface area contributed by atoms with Crippen LogP contribution >= 0.6 is 0 Å². The van der Waals surface area contributed by atoms with Gasteiger partial charge in [0, 0.05) is 18.8 Å². The molecule has 0 aliphatic carbocycles. The van der Waals surface area contributed by atoms with Crippen LogP contribution in [0.1, 0.15) is 29.9 Å². The fourth-order valence-corrected chi connectivity index (χ4v) is 4.05. The van der Waals surface area contributed by atoms with Crippen molar-refractivity contribution in [1.29, 1.82) is 0 Å². The van der Waals surface area contributed by atoms with Gasteiger partial charge in [-0.15, -0.1) is 10.2 Å². The van der Waals surface area contributed by atoms with E-state index in [1.807, 2.05) is 30.3 Å². The number of ether oxygens (including phenoxy) is 1. The third kappa shape index (κ3) is 3.69. The number of nitrogens with zero attached hydrogens (tertiary/aromatic N) is 3. The van der Waals surface area contributed by atoms with Gasteiger partial charge in [-0.2, -0.15) is 18.3 Å². The lowest BCUT2D eigenvalue weighted by Gasteiger charge is -2.34. The fraction of sp³-hybridized carbons (Fsp3) is 0.261. The summed E-state index contributed by atoms with van der Waals surface area (Å²) in [5, 5.41) is 15.6. The number of hydrogen-bond donors (Lipinski definition) is 1. The molecule has 1 fully saturated rings. The van der Waals surface area contributed by atoms with Gasteiger partial charge >= 0.3 is 6.18 Å². The first-order valence-electron chi connectivity index (χ1n) is 10.2. The molecule has 1 aliphatic rings. The van der Waals surface area contributed by atoms with Crippen LogP contribution in [-0.2, 0) is 16.3 Å². The van der Waals surface area contributed by atoms with E-state index in [2.05, 4.69) is 20.4 Å². The molecule has 4 aromatic rings. The Morgan fingerprint density at radius 2 is 1.69 bits per heavy atom. The highest BCUT2D eigenvalue weighted by Crippen LogP contribution is 2.43. The first-order chi connectivity index (χ1) is 15.5. The minimum atomic E-state index is -4.44. The molecule has 0 saturated carbocycles. The second-order valence-electron chi connectivity index (χ2n) is 7.72. The Labute approximate surface area is 181 Å². The van der Waals surface area contributed by atoms with Gasteiger partial charge in [-0.3, -0.25) is 5.10 Å². The van der Waals surface area contributed by atoms with Crippen LogP contribution in [0.2, 0.25) is 0 Å². The number of aromatic amines is 1. The molecule has 0 unspecified atom stereocenters. The molecule has 0 atom stereocenters. The summed E-state index contributed by atoms with van der Waals surface area (Å²) in [5.41, 5.74) is 1.11. The quantitative estimate of drug-likeness (QED) is 0.470. The number of benzene rings is 2. The van der Waals surface area contributed by atoms with Gasteiger partial charge in [0.05, 0.1) is 16.7 Å². The van der Waals surface area contributed by atoms with E-state index in [4.69, 9.17) is 9.15 Å². The summed E-state index contributed by atoms with van der Waals surface area (Å²) >= 11 is 0. The van der Waals surface area contributed by atoms with E-state index < -0.39 is 17.2 Å². The van der Waals surface area contributed by atoms with Crippen LogP contribution in [0.4, 0.5) is 13.2 Å². The summed E-state index contributed by atoms with van der Waals surface area (Å²) in [6, 6.07) is 16.7. The first-order valence-corrected chi connectivity index (χ1v) is 10.2. The molecule has 0 radical (unpaired) electrons. The monoisotopic (exact) mass is 440 g/mol. The highest BCUT2D eigenvalue weighted by atomic mass is 19.4. The molecule has 9 heteroatoms. The Kier molecular flexibility index (Phi) is 5.05. The molecule has 1 aliphatic heterocycles. The Balaban J connectivity index is 1.52. The van der Waals surface area contributed by atoms with Crippen LogP contribution in [0.5, 0.6) is 0 Å². The SMILES string of the molecule is FC(F)(F)c1cccc(C2(c3nnc(-c4cc(-c5ccccc5)n[nH]4)o3)CCOCC2)c1. The van der Waals surface area contributed by atoms with Crippen molar-refractivity contribution in [2.24, 2.45) is 0 Å². The molecule has 32 heavy (non-hydrogen) atoms. The van der Waals surface area contributed by atoms with E-state index >= 15 is 0 Å². The van der Waals surface area contributed by atoms with E-state index in [9.17, 15) is 13.2 Å². The normalized spacial score (nSPS) is 16.2. The van der Waals surface area contributed by atoms with E-state index in [-0.39, 0.29) is 11.8 Å². The van der Waals surface area contributed by atoms with Gasteiger partial charge in [0.1, 0.15) is 5.69 Å². The maximum Gasteiger partial charge on any atom is 0.416 e. The highest BCUT2D eigenvalue weighted by Gasteiger charge is 2.43. The van der Waals surface area contributed by atoms with Crippen LogP contribution in [0.25, 0.3) is 22.8 Å². The topological polar surface area (TPSA) is 76.8 Å². The minimum absolute atomic E-state index is 0.229. The molecule has 2 aromatic carbocycles. The van der Waals surface area contributed by atoms with Crippen LogP contribution in [0, 0.1) is 0 Å². The summed E-state index contributed by atoms with van der Waals surface area (Å²) in [6.45, 7) is 0.770. The molecule has 0 bridgehead atoms. The van der Waals surface area contributed by atoms with Gasteiger partial charge in [0.2, 0.25) is 5.89 Å². The molecule has 5 rings (SSSR count). The van der Waals surface area contributed by atoms with Crippen molar-refractivity contribution in [1.82, 2.24) is 20.4 Å². The Bertz CT molecular complexity index is 1210. The van der Waals surface area contributed by atoms with Crippen LogP contribution < -0.4 is 0 Å². The maximum atomic E-state index is 13.3. The number of aromatic nitrogens is 4. The third-order valence-corrected chi connectivity index (χ3v) is 5.80. The van der Waals surface area contributed by atoms with Crippen LogP contribution in [0.15, 0.2) is 65.1 Å². The molecule has 0 amide bonds. The van der Waals surface area contributed by atoms with Gasteiger partial charge in [0.25, 0.3) is 5.89 Å². The molecule has 6 nitrogen and oxygen atoms in total. The van der Waals surface area contributed by atoms with E-state index in [1.54, 1.807) is 12.1 Å². The van der Waals surface area contributed by atoms with E-state index in [1.165, 1.54) is 12.1 Å². The summed E-state index contributed by atoms with van der Waals surface area (Å²) in [5.74, 6) is 0.499. The summed E-state index contributed by atoms with van der Waals surface area (Å²) in [6.07, 6.45) is -3.56. The van der Waals surface area contributed by atoms with Crippen molar-refractivity contribution in [2.75, 3.05) is 13.2 Å². The van der Waals surface area contributed by atoms with Gasteiger partial charge in [-0.05, 0) is 30.5 Å².